The van der Waals surface area contributed by atoms with Crippen LogP contribution in [0.4, 0.5) is 5.69 Å². The molecular weight excluding hydrogens is 330 g/mol. The Balaban J connectivity index is 2.18. The first-order valence-corrected chi connectivity index (χ1v) is 9.72. The molecule has 0 radical (unpaired) electrons. The van der Waals surface area contributed by atoms with Gasteiger partial charge in [-0.15, -0.1) is 0 Å². The smallest absolute Gasteiger partial charge is 0.224 e. The van der Waals surface area contributed by atoms with Gasteiger partial charge in [-0.3, -0.25) is 9.59 Å². The zero-order chi connectivity index (χ0) is 19.2. The number of anilines is 1. The van der Waals surface area contributed by atoms with E-state index >= 15 is 0 Å². The summed E-state index contributed by atoms with van der Waals surface area (Å²) >= 11 is 0. The van der Waals surface area contributed by atoms with Gasteiger partial charge in [0.15, 0.2) is 0 Å². The molecule has 6 heteroatoms. The summed E-state index contributed by atoms with van der Waals surface area (Å²) in [6.07, 6.45) is 2.23. The van der Waals surface area contributed by atoms with Crippen molar-refractivity contribution in [2.24, 2.45) is 0 Å². The molecule has 0 aliphatic heterocycles. The van der Waals surface area contributed by atoms with Crippen molar-refractivity contribution in [3.8, 4) is 5.75 Å². The summed E-state index contributed by atoms with van der Waals surface area (Å²) in [6, 6.07) is 7.34. The monoisotopic (exact) mass is 364 g/mol. The first-order valence-electron chi connectivity index (χ1n) is 9.72. The molecule has 0 saturated carbocycles. The van der Waals surface area contributed by atoms with Gasteiger partial charge in [-0.1, -0.05) is 6.92 Å². The SMILES string of the molecule is CCCOc1ccc(NC(=O)CCCC(=O)NCC[NH+](CC)CC)cc1. The Morgan fingerprint density at radius 3 is 2.27 bits per heavy atom. The van der Waals surface area contributed by atoms with E-state index in [4.69, 9.17) is 4.74 Å². The molecule has 0 spiro atoms. The first-order chi connectivity index (χ1) is 12.6. The average molecular weight is 365 g/mol. The first kappa shape index (κ1) is 22.0. The van der Waals surface area contributed by atoms with Crippen molar-refractivity contribution < 1.29 is 19.2 Å². The molecule has 6 nitrogen and oxygen atoms in total. The van der Waals surface area contributed by atoms with Crippen LogP contribution in [0.5, 0.6) is 5.75 Å². The van der Waals surface area contributed by atoms with E-state index in [1.165, 1.54) is 4.90 Å². The fourth-order valence-corrected chi connectivity index (χ4v) is 2.56. The fraction of sp³-hybridized carbons (Fsp3) is 0.600. The van der Waals surface area contributed by atoms with Gasteiger partial charge in [0.2, 0.25) is 11.8 Å². The van der Waals surface area contributed by atoms with Crippen LogP contribution in [0.15, 0.2) is 24.3 Å². The molecule has 0 aliphatic rings. The van der Waals surface area contributed by atoms with Gasteiger partial charge in [0.05, 0.1) is 32.8 Å². The van der Waals surface area contributed by atoms with Crippen LogP contribution in [0, 0.1) is 0 Å². The normalized spacial score (nSPS) is 10.6. The predicted octanol–water partition coefficient (Wildman–Crippen LogP) is 1.63. The molecule has 0 aliphatic carbocycles. The molecule has 2 amide bonds. The second-order valence-electron chi connectivity index (χ2n) is 6.33. The van der Waals surface area contributed by atoms with Crippen LogP contribution in [0.25, 0.3) is 0 Å². The Hall–Kier alpha value is -2.08. The topological polar surface area (TPSA) is 71.9 Å². The maximum absolute atomic E-state index is 12.0. The number of likely N-dealkylation sites (N-methyl/N-ethyl adjacent to an activating group) is 1. The van der Waals surface area contributed by atoms with Crippen LogP contribution >= 0.6 is 0 Å². The largest absolute Gasteiger partial charge is 0.494 e. The van der Waals surface area contributed by atoms with Crippen molar-refractivity contribution in [1.82, 2.24) is 5.32 Å². The van der Waals surface area contributed by atoms with Gasteiger partial charge < -0.3 is 20.3 Å². The maximum atomic E-state index is 12.0. The molecule has 1 aromatic carbocycles. The van der Waals surface area contributed by atoms with Gasteiger partial charge >= 0.3 is 0 Å². The van der Waals surface area contributed by atoms with Crippen molar-refractivity contribution in [3.63, 3.8) is 0 Å². The highest BCUT2D eigenvalue weighted by atomic mass is 16.5. The minimum atomic E-state index is -0.0763. The Labute approximate surface area is 157 Å². The number of benzene rings is 1. The Morgan fingerprint density at radius 2 is 1.65 bits per heavy atom. The average Bonchev–Trinajstić information content (AvgIpc) is 2.64. The van der Waals surface area contributed by atoms with E-state index in [-0.39, 0.29) is 11.8 Å². The Bertz CT molecular complexity index is 528. The van der Waals surface area contributed by atoms with E-state index in [1.54, 1.807) is 0 Å². The summed E-state index contributed by atoms with van der Waals surface area (Å²) in [6.45, 7) is 10.8. The number of hydrogen-bond donors (Lipinski definition) is 3. The standard InChI is InChI=1S/C20H33N3O3/c1-4-16-26-18-12-10-17(11-13-18)22-20(25)9-7-8-19(24)21-14-15-23(5-2)6-3/h10-13H,4-9,14-16H2,1-3H3,(H,21,24)(H,22,25)/p+1. The molecule has 0 heterocycles. The summed E-state index contributed by atoms with van der Waals surface area (Å²) < 4.78 is 5.51. The second kappa shape index (κ2) is 13.2. The predicted molar refractivity (Wildman–Crippen MR) is 105 cm³/mol. The summed E-state index contributed by atoms with van der Waals surface area (Å²) in [5.41, 5.74) is 0.741. The lowest BCUT2D eigenvalue weighted by Gasteiger charge is -2.15. The molecule has 0 atom stereocenters. The number of nitrogens with one attached hydrogen (secondary N) is 3. The molecule has 0 saturated heterocycles. The van der Waals surface area contributed by atoms with Gasteiger partial charge in [0.1, 0.15) is 5.75 Å². The van der Waals surface area contributed by atoms with E-state index < -0.39 is 0 Å². The van der Waals surface area contributed by atoms with Crippen LogP contribution in [-0.4, -0.2) is 44.6 Å². The van der Waals surface area contributed by atoms with Gasteiger partial charge in [-0.2, -0.15) is 0 Å². The van der Waals surface area contributed by atoms with Gasteiger partial charge in [0.25, 0.3) is 0 Å². The molecule has 146 valence electrons. The van der Waals surface area contributed by atoms with Gasteiger partial charge in [-0.05, 0) is 51.0 Å². The molecule has 0 fully saturated rings. The molecular formula is C20H34N3O3+. The van der Waals surface area contributed by atoms with E-state index in [0.717, 1.165) is 37.5 Å². The Kier molecular flexibility index (Phi) is 11.1. The number of carbonyl (C=O) groups excluding carboxylic acids is 2. The minimum Gasteiger partial charge on any atom is -0.494 e. The van der Waals surface area contributed by atoms with Crippen molar-refractivity contribution in [3.05, 3.63) is 24.3 Å². The molecule has 1 rings (SSSR count). The third kappa shape index (κ3) is 9.42. The molecule has 0 bridgehead atoms. The zero-order valence-corrected chi connectivity index (χ0v) is 16.4. The molecule has 3 N–H and O–H groups in total. The van der Waals surface area contributed by atoms with Crippen LogP contribution in [-0.2, 0) is 9.59 Å². The van der Waals surface area contributed by atoms with E-state index in [2.05, 4.69) is 31.4 Å². The lowest BCUT2D eigenvalue weighted by atomic mass is 10.2. The molecule has 1 aromatic rings. The molecule has 0 aromatic heterocycles. The van der Waals surface area contributed by atoms with Crippen molar-refractivity contribution in [2.45, 2.75) is 46.5 Å². The fourth-order valence-electron chi connectivity index (χ4n) is 2.56. The quantitative estimate of drug-likeness (QED) is 0.498. The number of carbonyl (C=O) groups is 2. The van der Waals surface area contributed by atoms with Crippen molar-refractivity contribution in [2.75, 3.05) is 38.1 Å². The summed E-state index contributed by atoms with van der Waals surface area (Å²) in [5.74, 6) is 0.738. The number of hydrogen-bond acceptors (Lipinski definition) is 3. The molecule has 0 unspecified atom stereocenters. The van der Waals surface area contributed by atoms with E-state index in [9.17, 15) is 9.59 Å². The van der Waals surface area contributed by atoms with E-state index in [1.807, 2.05) is 24.3 Å². The van der Waals surface area contributed by atoms with Crippen molar-refractivity contribution >= 4 is 17.5 Å². The van der Waals surface area contributed by atoms with Crippen LogP contribution < -0.4 is 20.3 Å². The summed E-state index contributed by atoms with van der Waals surface area (Å²) in [5, 5.41) is 5.77. The lowest BCUT2D eigenvalue weighted by molar-refractivity contribution is -0.895. The van der Waals surface area contributed by atoms with Gasteiger partial charge in [-0.25, -0.2) is 0 Å². The van der Waals surface area contributed by atoms with Crippen LogP contribution in [0.3, 0.4) is 0 Å². The second-order valence-corrected chi connectivity index (χ2v) is 6.33. The summed E-state index contributed by atoms with van der Waals surface area (Å²) in [7, 11) is 0. The Morgan fingerprint density at radius 1 is 1.00 bits per heavy atom. The minimum absolute atomic E-state index is 0.0155. The highest BCUT2D eigenvalue weighted by Crippen LogP contribution is 2.16. The highest BCUT2D eigenvalue weighted by molar-refractivity contribution is 5.91. The number of quaternary nitrogens is 1. The number of rotatable bonds is 13. The molecule has 26 heavy (non-hydrogen) atoms. The number of ether oxygens (including phenoxy) is 1. The maximum Gasteiger partial charge on any atom is 0.224 e. The van der Waals surface area contributed by atoms with Crippen LogP contribution in [0.1, 0.15) is 46.5 Å². The lowest BCUT2D eigenvalue weighted by Crippen LogP contribution is -3.12. The highest BCUT2D eigenvalue weighted by Gasteiger charge is 2.07. The summed E-state index contributed by atoms with van der Waals surface area (Å²) in [4.78, 5) is 25.2. The zero-order valence-electron chi connectivity index (χ0n) is 16.4. The third-order valence-electron chi connectivity index (χ3n) is 4.22. The van der Waals surface area contributed by atoms with Gasteiger partial charge in [0, 0.05) is 18.5 Å². The van der Waals surface area contributed by atoms with E-state index in [0.29, 0.717) is 32.4 Å². The van der Waals surface area contributed by atoms with Crippen LogP contribution in [0.2, 0.25) is 0 Å². The number of amides is 2. The van der Waals surface area contributed by atoms with Crippen molar-refractivity contribution in [1.29, 1.82) is 0 Å². The third-order valence-corrected chi connectivity index (χ3v) is 4.22.